The first-order chi connectivity index (χ1) is 11.2. The van der Waals surface area contributed by atoms with Gasteiger partial charge in [0.1, 0.15) is 12.4 Å². The van der Waals surface area contributed by atoms with E-state index in [1.165, 1.54) is 12.8 Å². The molecule has 0 bridgehead atoms. The predicted octanol–water partition coefficient (Wildman–Crippen LogP) is 2.19. The first kappa shape index (κ1) is 16.3. The van der Waals surface area contributed by atoms with Crippen LogP contribution in [0.4, 0.5) is 5.69 Å². The van der Waals surface area contributed by atoms with E-state index in [-0.39, 0.29) is 18.6 Å². The molecule has 0 aliphatic carbocycles. The molecule has 2 N–H and O–H groups in total. The highest BCUT2D eigenvalue weighted by atomic mass is 16.5. The van der Waals surface area contributed by atoms with Crippen molar-refractivity contribution in [1.82, 2.24) is 4.90 Å². The smallest absolute Gasteiger partial charge is 0.224 e. The Bertz CT molecular complexity index is 561. The number of benzene rings is 1. The highest BCUT2D eigenvalue weighted by Crippen LogP contribution is 2.27. The molecule has 5 heteroatoms. The second-order valence-corrected chi connectivity index (χ2v) is 6.57. The Hall–Kier alpha value is -1.59. The summed E-state index contributed by atoms with van der Waals surface area (Å²) in [5, 5.41) is 12.4. The van der Waals surface area contributed by atoms with Crippen molar-refractivity contribution in [1.29, 1.82) is 0 Å². The standard InChI is InChI=1S/C18H26N2O3/c1-13-3-2-4-15(12-21)20(13)9-10-23-16-6-7-17-14(11-16)5-8-18(22)19-17/h6-7,11,13,15,21H,2-5,8-10,12H2,1H3,(H,19,22). The van der Waals surface area contributed by atoms with E-state index in [0.29, 0.717) is 19.1 Å². The Labute approximate surface area is 137 Å². The maximum atomic E-state index is 11.4. The van der Waals surface area contributed by atoms with Gasteiger partial charge in [-0.25, -0.2) is 0 Å². The summed E-state index contributed by atoms with van der Waals surface area (Å²) in [4.78, 5) is 13.7. The lowest BCUT2D eigenvalue weighted by Gasteiger charge is -2.39. The third kappa shape index (κ3) is 3.85. The van der Waals surface area contributed by atoms with Gasteiger partial charge in [0.15, 0.2) is 0 Å². The molecule has 1 aromatic carbocycles. The molecule has 23 heavy (non-hydrogen) atoms. The molecule has 0 aromatic heterocycles. The molecule has 2 atom stereocenters. The van der Waals surface area contributed by atoms with Crippen LogP contribution in [-0.2, 0) is 11.2 Å². The minimum Gasteiger partial charge on any atom is -0.492 e. The second-order valence-electron chi connectivity index (χ2n) is 6.57. The monoisotopic (exact) mass is 318 g/mol. The second kappa shape index (κ2) is 7.32. The Kier molecular flexibility index (Phi) is 5.18. The van der Waals surface area contributed by atoms with Crippen LogP contribution in [0.15, 0.2) is 18.2 Å². The summed E-state index contributed by atoms with van der Waals surface area (Å²) in [6.45, 7) is 3.90. The average Bonchev–Trinajstić information content (AvgIpc) is 2.56. The van der Waals surface area contributed by atoms with Gasteiger partial charge in [-0.2, -0.15) is 0 Å². The van der Waals surface area contributed by atoms with Crippen LogP contribution >= 0.6 is 0 Å². The van der Waals surface area contributed by atoms with E-state index in [0.717, 1.165) is 36.4 Å². The lowest BCUT2D eigenvalue weighted by Crippen LogP contribution is -2.48. The zero-order chi connectivity index (χ0) is 16.2. The molecule has 1 aromatic rings. The third-order valence-electron chi connectivity index (χ3n) is 5.00. The molecule has 0 spiro atoms. The van der Waals surface area contributed by atoms with E-state index < -0.39 is 0 Å². The van der Waals surface area contributed by atoms with E-state index in [9.17, 15) is 9.90 Å². The Morgan fingerprint density at radius 1 is 1.35 bits per heavy atom. The molecule has 5 nitrogen and oxygen atoms in total. The highest BCUT2D eigenvalue weighted by molar-refractivity contribution is 5.93. The zero-order valence-corrected chi connectivity index (χ0v) is 13.8. The Morgan fingerprint density at radius 2 is 2.22 bits per heavy atom. The number of hydrogen-bond donors (Lipinski definition) is 2. The van der Waals surface area contributed by atoms with E-state index >= 15 is 0 Å². The summed E-state index contributed by atoms with van der Waals surface area (Å²) in [5.41, 5.74) is 2.04. The normalized spacial score (nSPS) is 24.9. The van der Waals surface area contributed by atoms with E-state index in [1.54, 1.807) is 0 Å². The van der Waals surface area contributed by atoms with Gasteiger partial charge in [-0.3, -0.25) is 9.69 Å². The summed E-state index contributed by atoms with van der Waals surface area (Å²) in [6.07, 6.45) is 4.77. The average molecular weight is 318 g/mol. The molecule has 2 aliphatic rings. The van der Waals surface area contributed by atoms with Crippen molar-refractivity contribution < 1.29 is 14.6 Å². The summed E-state index contributed by atoms with van der Waals surface area (Å²) in [5.74, 6) is 0.936. The minimum atomic E-state index is 0.0836. The summed E-state index contributed by atoms with van der Waals surface area (Å²) < 4.78 is 5.91. The number of nitrogens with one attached hydrogen (secondary N) is 1. The van der Waals surface area contributed by atoms with Crippen molar-refractivity contribution >= 4 is 11.6 Å². The largest absolute Gasteiger partial charge is 0.492 e. The van der Waals surface area contributed by atoms with E-state index in [2.05, 4.69) is 17.1 Å². The number of likely N-dealkylation sites (tertiary alicyclic amines) is 1. The minimum absolute atomic E-state index is 0.0836. The maximum Gasteiger partial charge on any atom is 0.224 e. The number of carbonyl (C=O) groups excluding carboxylic acids is 1. The number of nitrogens with zero attached hydrogens (tertiary/aromatic N) is 1. The van der Waals surface area contributed by atoms with Gasteiger partial charge >= 0.3 is 0 Å². The fourth-order valence-corrected chi connectivity index (χ4v) is 3.66. The molecule has 126 valence electrons. The van der Waals surface area contributed by atoms with Gasteiger partial charge in [-0.1, -0.05) is 6.42 Å². The number of aliphatic hydroxyl groups is 1. The van der Waals surface area contributed by atoms with Crippen LogP contribution in [-0.4, -0.2) is 47.8 Å². The van der Waals surface area contributed by atoms with E-state index in [4.69, 9.17) is 4.74 Å². The van der Waals surface area contributed by atoms with Crippen LogP contribution < -0.4 is 10.1 Å². The summed E-state index contributed by atoms with van der Waals surface area (Å²) >= 11 is 0. The first-order valence-electron chi connectivity index (χ1n) is 8.59. The number of anilines is 1. The van der Waals surface area contributed by atoms with Gasteiger partial charge in [-0.15, -0.1) is 0 Å². The van der Waals surface area contributed by atoms with Crippen molar-refractivity contribution in [3.8, 4) is 5.75 Å². The van der Waals surface area contributed by atoms with E-state index in [1.807, 2.05) is 18.2 Å². The fraction of sp³-hybridized carbons (Fsp3) is 0.611. The topological polar surface area (TPSA) is 61.8 Å². The molecule has 2 heterocycles. The summed E-state index contributed by atoms with van der Waals surface area (Å²) in [7, 11) is 0. The highest BCUT2D eigenvalue weighted by Gasteiger charge is 2.26. The first-order valence-corrected chi connectivity index (χ1v) is 8.59. The van der Waals surface area contributed by atoms with Crippen LogP contribution in [0.1, 0.15) is 38.2 Å². The summed E-state index contributed by atoms with van der Waals surface area (Å²) in [6, 6.07) is 6.62. The Balaban J connectivity index is 1.55. The number of hydrogen-bond acceptors (Lipinski definition) is 4. The molecular formula is C18H26N2O3. The molecule has 2 aliphatic heterocycles. The number of aliphatic hydroxyl groups excluding tert-OH is 1. The molecule has 0 radical (unpaired) electrons. The van der Waals surface area contributed by atoms with Crippen molar-refractivity contribution in [2.45, 2.75) is 51.1 Å². The predicted molar refractivity (Wildman–Crippen MR) is 89.8 cm³/mol. The molecule has 1 fully saturated rings. The van der Waals surface area contributed by atoms with Crippen LogP contribution in [0.2, 0.25) is 0 Å². The van der Waals surface area contributed by atoms with Gasteiger partial charge in [0.05, 0.1) is 6.61 Å². The lowest BCUT2D eigenvalue weighted by molar-refractivity contribution is -0.116. The SMILES string of the molecule is CC1CCCC(CO)N1CCOc1ccc2c(c1)CCC(=O)N2. The van der Waals surface area contributed by atoms with Crippen LogP contribution in [0, 0.1) is 0 Å². The lowest BCUT2D eigenvalue weighted by atomic mass is 9.97. The van der Waals surface area contributed by atoms with Gasteiger partial charge in [0, 0.05) is 30.7 Å². The number of piperidine rings is 1. The quantitative estimate of drug-likeness (QED) is 0.873. The van der Waals surface area contributed by atoms with Gasteiger partial charge in [-0.05, 0) is 49.9 Å². The van der Waals surface area contributed by atoms with Crippen LogP contribution in [0.5, 0.6) is 5.75 Å². The molecular weight excluding hydrogens is 292 g/mol. The molecule has 2 unspecified atom stereocenters. The van der Waals surface area contributed by atoms with Crippen molar-refractivity contribution in [2.75, 3.05) is 25.1 Å². The van der Waals surface area contributed by atoms with Crippen molar-refractivity contribution in [3.63, 3.8) is 0 Å². The number of fused-ring (bicyclic) bond motifs is 1. The molecule has 0 saturated carbocycles. The number of aryl methyl sites for hydroxylation is 1. The number of ether oxygens (including phenoxy) is 1. The van der Waals surface area contributed by atoms with Crippen molar-refractivity contribution in [3.05, 3.63) is 23.8 Å². The fourth-order valence-electron chi connectivity index (χ4n) is 3.66. The van der Waals surface area contributed by atoms with Gasteiger partial charge in [0.2, 0.25) is 5.91 Å². The third-order valence-corrected chi connectivity index (χ3v) is 5.00. The number of rotatable bonds is 5. The molecule has 1 amide bonds. The van der Waals surface area contributed by atoms with Crippen molar-refractivity contribution in [2.24, 2.45) is 0 Å². The van der Waals surface area contributed by atoms with Crippen LogP contribution in [0.3, 0.4) is 0 Å². The van der Waals surface area contributed by atoms with Gasteiger partial charge in [0.25, 0.3) is 0 Å². The molecule has 3 rings (SSSR count). The maximum absolute atomic E-state index is 11.4. The number of carbonyl (C=O) groups is 1. The molecule has 1 saturated heterocycles. The van der Waals surface area contributed by atoms with Crippen LogP contribution in [0.25, 0.3) is 0 Å². The van der Waals surface area contributed by atoms with Gasteiger partial charge < -0.3 is 15.2 Å². The number of amides is 1. The zero-order valence-electron chi connectivity index (χ0n) is 13.8. The Morgan fingerprint density at radius 3 is 3.04 bits per heavy atom.